The number of benzene rings is 1. The zero-order valence-electron chi connectivity index (χ0n) is 10.2. The highest BCUT2D eigenvalue weighted by atomic mass is 35.5. The number of halogens is 1. The quantitative estimate of drug-likeness (QED) is 0.529. The van der Waals surface area contributed by atoms with Crippen molar-refractivity contribution in [1.82, 2.24) is 0 Å². The Labute approximate surface area is 120 Å². The Balaban J connectivity index is 2.25. The molecule has 0 spiro atoms. The molecule has 0 aliphatic carbocycles. The van der Waals surface area contributed by atoms with Crippen molar-refractivity contribution in [2.24, 2.45) is 0 Å². The van der Waals surface area contributed by atoms with Crippen molar-refractivity contribution in [3.8, 4) is 0 Å². The van der Waals surface area contributed by atoms with E-state index in [1.165, 1.54) is 18.7 Å². The number of thioether (sulfide) groups is 1. The second-order valence-electron chi connectivity index (χ2n) is 3.85. The number of anilines is 1. The van der Waals surface area contributed by atoms with Crippen LogP contribution in [-0.2, 0) is 14.3 Å². The van der Waals surface area contributed by atoms with E-state index in [0.29, 0.717) is 22.4 Å². The summed E-state index contributed by atoms with van der Waals surface area (Å²) in [5.74, 6) is -0.0789. The SMILES string of the molecule is CC(=O)/C(C(=O)Nc1ccccc1Cl)=C1\OCCS1. The fourth-order valence-electron chi connectivity index (χ4n) is 1.60. The first-order valence-corrected chi connectivity index (χ1v) is 7.02. The van der Waals surface area contributed by atoms with Crippen LogP contribution in [0.3, 0.4) is 0 Å². The second-order valence-corrected chi connectivity index (χ2v) is 5.32. The Hall–Kier alpha value is -1.46. The molecule has 2 rings (SSSR count). The monoisotopic (exact) mass is 297 g/mol. The molecule has 0 unspecified atom stereocenters. The molecule has 0 bridgehead atoms. The standard InChI is InChI=1S/C13H12ClNO3S/c1-8(16)11(13-18-6-7-19-13)12(17)15-10-5-3-2-4-9(10)14/h2-5H,6-7H2,1H3,(H,15,17)/b13-11-. The molecule has 1 aliphatic heterocycles. The van der Waals surface area contributed by atoms with E-state index in [1.54, 1.807) is 24.3 Å². The van der Waals surface area contributed by atoms with Crippen molar-refractivity contribution in [2.75, 3.05) is 17.7 Å². The van der Waals surface area contributed by atoms with E-state index in [-0.39, 0.29) is 11.4 Å². The van der Waals surface area contributed by atoms with Crippen LogP contribution in [-0.4, -0.2) is 24.1 Å². The third-order valence-electron chi connectivity index (χ3n) is 2.45. The summed E-state index contributed by atoms with van der Waals surface area (Å²) in [5.41, 5.74) is 0.513. The van der Waals surface area contributed by atoms with E-state index in [1.807, 2.05) is 0 Å². The Morgan fingerprint density at radius 3 is 2.68 bits per heavy atom. The summed E-state index contributed by atoms with van der Waals surface area (Å²) >= 11 is 7.32. The summed E-state index contributed by atoms with van der Waals surface area (Å²) in [7, 11) is 0. The van der Waals surface area contributed by atoms with Gasteiger partial charge in [-0.1, -0.05) is 35.5 Å². The molecule has 1 heterocycles. The Bertz CT molecular complexity index is 549. The largest absolute Gasteiger partial charge is 0.486 e. The van der Waals surface area contributed by atoms with Crippen molar-refractivity contribution in [3.63, 3.8) is 0 Å². The van der Waals surface area contributed by atoms with Gasteiger partial charge in [0, 0.05) is 5.75 Å². The third kappa shape index (κ3) is 3.30. The zero-order chi connectivity index (χ0) is 13.8. The normalized spacial score (nSPS) is 16.7. The maximum atomic E-state index is 12.2. The van der Waals surface area contributed by atoms with Crippen molar-refractivity contribution >= 4 is 40.7 Å². The number of Topliss-reactive ketones (excluding diaryl/α,β-unsaturated/α-hetero) is 1. The molecular weight excluding hydrogens is 286 g/mol. The molecule has 100 valence electrons. The third-order valence-corrected chi connectivity index (χ3v) is 3.74. The summed E-state index contributed by atoms with van der Waals surface area (Å²) in [6.07, 6.45) is 0. The van der Waals surface area contributed by atoms with Crippen LogP contribution >= 0.6 is 23.4 Å². The minimum Gasteiger partial charge on any atom is -0.486 e. The number of carbonyl (C=O) groups excluding carboxylic acids is 2. The van der Waals surface area contributed by atoms with E-state index >= 15 is 0 Å². The molecule has 1 saturated heterocycles. The van der Waals surface area contributed by atoms with Crippen molar-refractivity contribution in [1.29, 1.82) is 0 Å². The van der Waals surface area contributed by atoms with Gasteiger partial charge in [0.25, 0.3) is 5.91 Å². The number of amides is 1. The molecule has 0 radical (unpaired) electrons. The summed E-state index contributed by atoms with van der Waals surface area (Å²) in [6, 6.07) is 6.85. The predicted molar refractivity (Wildman–Crippen MR) is 76.2 cm³/mol. The number of hydrogen-bond donors (Lipinski definition) is 1. The molecular formula is C13H12ClNO3S. The van der Waals surface area contributed by atoms with Gasteiger partial charge in [0.05, 0.1) is 17.3 Å². The number of nitrogens with one attached hydrogen (secondary N) is 1. The van der Waals surface area contributed by atoms with Gasteiger partial charge in [-0.25, -0.2) is 0 Å². The molecule has 1 amide bonds. The van der Waals surface area contributed by atoms with Gasteiger partial charge in [-0.2, -0.15) is 0 Å². The van der Waals surface area contributed by atoms with Gasteiger partial charge in [-0.3, -0.25) is 9.59 Å². The fourth-order valence-corrected chi connectivity index (χ4v) is 2.68. The Morgan fingerprint density at radius 2 is 2.11 bits per heavy atom. The fraction of sp³-hybridized carbons (Fsp3) is 0.231. The lowest BCUT2D eigenvalue weighted by atomic mass is 10.2. The molecule has 0 aromatic heterocycles. The number of ketones is 1. The first-order valence-electron chi connectivity index (χ1n) is 5.66. The first kappa shape index (κ1) is 14.0. The molecule has 0 atom stereocenters. The highest BCUT2D eigenvalue weighted by Crippen LogP contribution is 2.29. The number of ether oxygens (including phenoxy) is 1. The minimum absolute atomic E-state index is 0.0439. The van der Waals surface area contributed by atoms with E-state index in [2.05, 4.69) is 5.32 Å². The van der Waals surface area contributed by atoms with E-state index < -0.39 is 5.91 Å². The van der Waals surface area contributed by atoms with Gasteiger partial charge in [0.15, 0.2) is 10.9 Å². The molecule has 1 N–H and O–H groups in total. The molecule has 1 aromatic carbocycles. The maximum Gasteiger partial charge on any atom is 0.263 e. The number of hydrogen-bond acceptors (Lipinski definition) is 4. The molecule has 0 saturated carbocycles. The van der Waals surface area contributed by atoms with Crippen LogP contribution in [0.5, 0.6) is 0 Å². The van der Waals surface area contributed by atoms with Gasteiger partial charge >= 0.3 is 0 Å². The van der Waals surface area contributed by atoms with Crippen molar-refractivity contribution in [3.05, 3.63) is 40.0 Å². The van der Waals surface area contributed by atoms with Crippen molar-refractivity contribution in [2.45, 2.75) is 6.92 Å². The lowest BCUT2D eigenvalue weighted by Crippen LogP contribution is -2.20. The number of carbonyl (C=O) groups is 2. The molecule has 1 aromatic rings. The highest BCUT2D eigenvalue weighted by Gasteiger charge is 2.25. The average molecular weight is 298 g/mol. The second kappa shape index (κ2) is 6.12. The molecule has 6 heteroatoms. The van der Waals surface area contributed by atoms with Crippen molar-refractivity contribution < 1.29 is 14.3 Å². The number of rotatable bonds is 3. The molecule has 1 aliphatic rings. The first-order chi connectivity index (χ1) is 9.09. The summed E-state index contributed by atoms with van der Waals surface area (Å²) in [6.45, 7) is 1.85. The maximum absolute atomic E-state index is 12.2. The van der Waals surface area contributed by atoms with E-state index in [9.17, 15) is 9.59 Å². The van der Waals surface area contributed by atoms with Crippen LogP contribution in [0, 0.1) is 0 Å². The van der Waals surface area contributed by atoms with Crippen LogP contribution < -0.4 is 5.32 Å². The van der Waals surface area contributed by atoms with Crippen LogP contribution in [0.4, 0.5) is 5.69 Å². The topological polar surface area (TPSA) is 55.4 Å². The molecule has 19 heavy (non-hydrogen) atoms. The van der Waals surface area contributed by atoms with Crippen LogP contribution in [0.25, 0.3) is 0 Å². The summed E-state index contributed by atoms with van der Waals surface area (Å²) < 4.78 is 5.29. The predicted octanol–water partition coefficient (Wildman–Crippen LogP) is 2.84. The van der Waals surface area contributed by atoms with Gasteiger partial charge in [-0.05, 0) is 19.1 Å². The van der Waals surface area contributed by atoms with E-state index in [4.69, 9.17) is 16.3 Å². The summed E-state index contributed by atoms with van der Waals surface area (Å²) in [5, 5.41) is 3.43. The van der Waals surface area contributed by atoms with Crippen LogP contribution in [0.15, 0.2) is 34.9 Å². The van der Waals surface area contributed by atoms with Gasteiger partial charge in [-0.15, -0.1) is 0 Å². The van der Waals surface area contributed by atoms with Gasteiger partial charge in [0.1, 0.15) is 5.57 Å². The lowest BCUT2D eigenvalue weighted by molar-refractivity contribution is -0.119. The summed E-state index contributed by atoms with van der Waals surface area (Å²) in [4.78, 5) is 23.8. The minimum atomic E-state index is -0.495. The van der Waals surface area contributed by atoms with Gasteiger partial charge < -0.3 is 10.1 Å². The highest BCUT2D eigenvalue weighted by molar-refractivity contribution is 8.03. The lowest BCUT2D eigenvalue weighted by Gasteiger charge is -2.09. The van der Waals surface area contributed by atoms with Crippen LogP contribution in [0.2, 0.25) is 5.02 Å². The van der Waals surface area contributed by atoms with E-state index in [0.717, 1.165) is 5.75 Å². The van der Waals surface area contributed by atoms with Crippen LogP contribution in [0.1, 0.15) is 6.92 Å². The molecule has 4 nitrogen and oxygen atoms in total. The zero-order valence-corrected chi connectivity index (χ0v) is 11.8. The average Bonchev–Trinajstić information content (AvgIpc) is 2.85. The van der Waals surface area contributed by atoms with Gasteiger partial charge in [0.2, 0.25) is 0 Å². The smallest absolute Gasteiger partial charge is 0.263 e. The Morgan fingerprint density at radius 1 is 1.37 bits per heavy atom. The molecule has 1 fully saturated rings. The number of para-hydroxylation sites is 1. The Kier molecular flexibility index (Phi) is 4.50.